The molecule has 0 aliphatic heterocycles. The first-order valence-electron chi connectivity index (χ1n) is 7.85. The third-order valence-corrected chi connectivity index (χ3v) is 3.62. The van der Waals surface area contributed by atoms with Crippen molar-refractivity contribution in [2.75, 3.05) is 0 Å². The van der Waals surface area contributed by atoms with Crippen LogP contribution in [0.1, 0.15) is 29.8 Å². The molecule has 0 radical (unpaired) electrons. The van der Waals surface area contributed by atoms with Gasteiger partial charge in [0.1, 0.15) is 24.3 Å². The van der Waals surface area contributed by atoms with Gasteiger partial charge in [0.25, 0.3) is 5.91 Å². The number of ether oxygens (including phenoxy) is 1. The van der Waals surface area contributed by atoms with E-state index in [0.717, 1.165) is 0 Å². The molecule has 2 aromatic carbocycles. The van der Waals surface area contributed by atoms with E-state index in [9.17, 15) is 18.4 Å². The van der Waals surface area contributed by atoms with Crippen molar-refractivity contribution in [3.05, 3.63) is 71.3 Å². The van der Waals surface area contributed by atoms with Crippen molar-refractivity contribution < 1.29 is 23.1 Å². The summed E-state index contributed by atoms with van der Waals surface area (Å²) in [6, 6.07) is 10.1. The molecule has 1 N–H and O–H groups in total. The highest BCUT2D eigenvalue weighted by atomic mass is 19.1. The monoisotopic (exact) mass is 347 g/mol. The zero-order valence-corrected chi connectivity index (χ0v) is 14.0. The number of hydrogen-bond donors (Lipinski definition) is 1. The van der Waals surface area contributed by atoms with Crippen molar-refractivity contribution in [2.45, 2.75) is 26.5 Å². The molecule has 0 aliphatic carbocycles. The maximum atomic E-state index is 13.7. The Hall–Kier alpha value is -2.76. The van der Waals surface area contributed by atoms with Gasteiger partial charge in [-0.25, -0.2) is 13.6 Å². The maximum Gasteiger partial charge on any atom is 0.329 e. The fourth-order valence-corrected chi connectivity index (χ4v) is 2.19. The predicted octanol–water partition coefficient (Wildman–Crippen LogP) is 3.46. The van der Waals surface area contributed by atoms with Crippen LogP contribution in [-0.4, -0.2) is 17.9 Å². The molecule has 0 unspecified atom stereocenters. The number of amides is 1. The Balaban J connectivity index is 2.01. The van der Waals surface area contributed by atoms with E-state index < -0.39 is 23.7 Å². The zero-order chi connectivity index (χ0) is 18.4. The summed E-state index contributed by atoms with van der Waals surface area (Å²) in [6.07, 6.45) is 0. The van der Waals surface area contributed by atoms with E-state index in [1.807, 2.05) is 0 Å². The standard InChI is InChI=1S/C19H19F2NO3/c1-12(2)17(22-18(23)15-5-3-4-6-16(15)21)19(24)25-11-13-7-9-14(20)10-8-13/h3-10,12,17H,11H2,1-2H3,(H,22,23)/t17-/m0/s1. The second-order valence-corrected chi connectivity index (χ2v) is 5.91. The number of halogens is 2. The minimum atomic E-state index is -0.924. The molecule has 2 rings (SSSR count). The second-order valence-electron chi connectivity index (χ2n) is 5.91. The first-order chi connectivity index (χ1) is 11.9. The van der Waals surface area contributed by atoms with Gasteiger partial charge in [-0.3, -0.25) is 4.79 Å². The van der Waals surface area contributed by atoms with Crippen molar-refractivity contribution in [2.24, 2.45) is 5.92 Å². The largest absolute Gasteiger partial charge is 0.459 e. The molecule has 0 fully saturated rings. The number of hydrogen-bond acceptors (Lipinski definition) is 3. The van der Waals surface area contributed by atoms with E-state index in [1.165, 1.54) is 48.5 Å². The molecule has 0 aliphatic rings. The first kappa shape index (κ1) is 18.6. The van der Waals surface area contributed by atoms with Crippen molar-refractivity contribution in [3.63, 3.8) is 0 Å². The molecule has 6 heteroatoms. The van der Waals surface area contributed by atoms with E-state index in [-0.39, 0.29) is 23.9 Å². The van der Waals surface area contributed by atoms with Crippen molar-refractivity contribution in [1.82, 2.24) is 5.32 Å². The Morgan fingerprint density at radius 1 is 1.04 bits per heavy atom. The van der Waals surface area contributed by atoms with Gasteiger partial charge in [0.15, 0.2) is 0 Å². The van der Waals surface area contributed by atoms with Crippen LogP contribution in [0.5, 0.6) is 0 Å². The van der Waals surface area contributed by atoms with Crippen LogP contribution in [0.25, 0.3) is 0 Å². The minimum absolute atomic E-state index is 0.0437. The SMILES string of the molecule is CC(C)[C@H](NC(=O)c1ccccc1F)C(=O)OCc1ccc(F)cc1. The number of esters is 1. The number of nitrogens with one attached hydrogen (secondary N) is 1. The molecule has 4 nitrogen and oxygen atoms in total. The van der Waals surface area contributed by atoms with Gasteiger partial charge >= 0.3 is 5.97 Å². The Labute approximate surface area is 144 Å². The Kier molecular flexibility index (Phi) is 6.22. The van der Waals surface area contributed by atoms with Crippen LogP contribution in [0.2, 0.25) is 0 Å². The van der Waals surface area contributed by atoms with Crippen LogP contribution in [0, 0.1) is 17.6 Å². The molecule has 0 saturated carbocycles. The molecular formula is C19H19F2NO3. The van der Waals surface area contributed by atoms with E-state index in [1.54, 1.807) is 13.8 Å². The van der Waals surface area contributed by atoms with Gasteiger partial charge < -0.3 is 10.1 Å². The number of rotatable bonds is 6. The van der Waals surface area contributed by atoms with Gasteiger partial charge in [0.05, 0.1) is 5.56 Å². The van der Waals surface area contributed by atoms with E-state index >= 15 is 0 Å². The van der Waals surface area contributed by atoms with Crippen LogP contribution >= 0.6 is 0 Å². The number of benzene rings is 2. The van der Waals surface area contributed by atoms with Gasteiger partial charge in [-0.05, 0) is 35.7 Å². The summed E-state index contributed by atoms with van der Waals surface area (Å²) in [5, 5.41) is 2.51. The van der Waals surface area contributed by atoms with Crippen LogP contribution in [0.15, 0.2) is 48.5 Å². The van der Waals surface area contributed by atoms with Crippen LogP contribution in [0.4, 0.5) is 8.78 Å². The molecule has 1 atom stereocenters. The predicted molar refractivity (Wildman–Crippen MR) is 88.7 cm³/mol. The Morgan fingerprint density at radius 3 is 2.28 bits per heavy atom. The lowest BCUT2D eigenvalue weighted by Crippen LogP contribution is -2.45. The molecular weight excluding hydrogens is 328 g/mol. The normalized spacial score (nSPS) is 11.9. The summed E-state index contributed by atoms with van der Waals surface area (Å²) in [7, 11) is 0. The van der Waals surface area contributed by atoms with Crippen LogP contribution in [-0.2, 0) is 16.1 Å². The Bertz CT molecular complexity index is 745. The summed E-state index contributed by atoms with van der Waals surface area (Å²) < 4.78 is 31.7. The van der Waals surface area contributed by atoms with E-state index in [2.05, 4.69) is 5.32 Å². The van der Waals surface area contributed by atoms with Crippen molar-refractivity contribution in [3.8, 4) is 0 Å². The molecule has 1 amide bonds. The smallest absolute Gasteiger partial charge is 0.329 e. The number of carbonyl (C=O) groups is 2. The summed E-state index contributed by atoms with van der Waals surface area (Å²) in [4.78, 5) is 24.5. The highest BCUT2D eigenvalue weighted by Crippen LogP contribution is 2.11. The topological polar surface area (TPSA) is 55.4 Å². The molecule has 0 spiro atoms. The van der Waals surface area contributed by atoms with Crippen LogP contribution < -0.4 is 5.32 Å². The molecule has 0 aromatic heterocycles. The lowest BCUT2D eigenvalue weighted by atomic mass is 10.0. The quantitative estimate of drug-likeness (QED) is 0.814. The second kappa shape index (κ2) is 8.37. The fraction of sp³-hybridized carbons (Fsp3) is 0.263. The highest BCUT2D eigenvalue weighted by Gasteiger charge is 2.27. The average molecular weight is 347 g/mol. The lowest BCUT2D eigenvalue weighted by molar-refractivity contribution is -0.148. The Morgan fingerprint density at radius 2 is 1.68 bits per heavy atom. The van der Waals surface area contributed by atoms with Gasteiger partial charge in [0, 0.05) is 0 Å². The first-order valence-corrected chi connectivity index (χ1v) is 7.85. The highest BCUT2D eigenvalue weighted by molar-refractivity contribution is 5.97. The zero-order valence-electron chi connectivity index (χ0n) is 14.0. The molecule has 0 heterocycles. The number of carbonyl (C=O) groups excluding carboxylic acids is 2. The average Bonchev–Trinajstić information content (AvgIpc) is 2.58. The van der Waals surface area contributed by atoms with E-state index in [0.29, 0.717) is 5.56 Å². The lowest BCUT2D eigenvalue weighted by Gasteiger charge is -2.21. The van der Waals surface area contributed by atoms with Crippen molar-refractivity contribution >= 4 is 11.9 Å². The third kappa shape index (κ3) is 5.11. The molecule has 132 valence electrons. The molecule has 2 aromatic rings. The van der Waals surface area contributed by atoms with E-state index in [4.69, 9.17) is 4.74 Å². The fourth-order valence-electron chi connectivity index (χ4n) is 2.19. The maximum absolute atomic E-state index is 13.7. The molecule has 0 bridgehead atoms. The summed E-state index contributed by atoms with van der Waals surface area (Å²) in [6.45, 7) is 3.44. The minimum Gasteiger partial charge on any atom is -0.459 e. The third-order valence-electron chi connectivity index (χ3n) is 3.62. The van der Waals surface area contributed by atoms with Crippen molar-refractivity contribution in [1.29, 1.82) is 0 Å². The summed E-state index contributed by atoms with van der Waals surface area (Å²) in [5.41, 5.74) is 0.483. The van der Waals surface area contributed by atoms with Crippen LogP contribution in [0.3, 0.4) is 0 Å². The van der Waals surface area contributed by atoms with Gasteiger partial charge in [-0.1, -0.05) is 38.1 Å². The van der Waals surface area contributed by atoms with Gasteiger partial charge in [-0.2, -0.15) is 0 Å². The van der Waals surface area contributed by atoms with Gasteiger partial charge in [-0.15, -0.1) is 0 Å². The van der Waals surface area contributed by atoms with Gasteiger partial charge in [0.2, 0.25) is 0 Å². The summed E-state index contributed by atoms with van der Waals surface area (Å²) >= 11 is 0. The molecule has 25 heavy (non-hydrogen) atoms. The summed E-state index contributed by atoms with van der Waals surface area (Å²) in [5.74, 6) is -2.62. The molecule has 0 saturated heterocycles.